The molecule has 6 nitrogen and oxygen atoms in total. The maximum atomic E-state index is 14.1. The zero-order chi connectivity index (χ0) is 23.8. The Hall–Kier alpha value is -2.89. The van der Waals surface area contributed by atoms with Gasteiger partial charge in [0, 0.05) is 28.9 Å². The third-order valence-corrected chi connectivity index (χ3v) is 6.17. The average Bonchev–Trinajstić information content (AvgIpc) is 2.74. The summed E-state index contributed by atoms with van der Waals surface area (Å²) < 4.78 is 100. The van der Waals surface area contributed by atoms with Gasteiger partial charge >= 0.3 is 6.09 Å². The summed E-state index contributed by atoms with van der Waals surface area (Å²) in [5.74, 6) is -8.29. The number of benzene rings is 2. The second-order valence-corrected chi connectivity index (χ2v) is 8.94. The number of alkyl halides is 1. The van der Waals surface area contributed by atoms with E-state index in [4.69, 9.17) is 4.74 Å². The molecular weight excluding hydrogens is 459 g/mol. The van der Waals surface area contributed by atoms with Crippen LogP contribution < -0.4 is 9.62 Å². The van der Waals surface area contributed by atoms with Crippen molar-refractivity contribution < 1.29 is 39.9 Å². The number of nitrogens with zero attached hydrogens (tertiary/aromatic N) is 1. The number of anilines is 2. The molecule has 1 amide bonds. The zero-order valence-corrected chi connectivity index (χ0v) is 17.8. The zero-order valence-electron chi connectivity index (χ0n) is 17.0. The Morgan fingerprint density at radius 3 is 2.31 bits per heavy atom. The topological polar surface area (TPSA) is 75.7 Å². The van der Waals surface area contributed by atoms with Crippen LogP contribution in [0.4, 0.5) is 38.1 Å². The SMILES string of the molecule is Cc1c(F)c(F)c(CS(=O)(=O)Nc2ccc3c(c2)C(C)OC(=O)N3CCCF)c(F)c1F. The highest BCUT2D eigenvalue weighted by Gasteiger charge is 2.31. The number of rotatable bonds is 7. The van der Waals surface area contributed by atoms with E-state index in [2.05, 4.69) is 4.72 Å². The van der Waals surface area contributed by atoms with Crippen LogP contribution in [0.1, 0.15) is 36.1 Å². The standard InChI is InChI=1S/C20H19F5N2O4S/c1-10-16(22)18(24)14(19(25)17(10)23)9-32(29,30)26-12-4-5-15-13(8-12)11(2)31-20(28)27(15)7-3-6-21/h4-5,8,11,26H,3,6-7,9H2,1-2H3. The summed E-state index contributed by atoms with van der Waals surface area (Å²) in [4.78, 5) is 13.3. The Morgan fingerprint density at radius 2 is 1.72 bits per heavy atom. The molecule has 3 rings (SSSR count). The molecule has 0 saturated heterocycles. The first kappa shape index (κ1) is 23.8. The van der Waals surface area contributed by atoms with Crippen LogP contribution >= 0.6 is 0 Å². The number of cyclic esters (lactones) is 1. The predicted molar refractivity (Wildman–Crippen MR) is 107 cm³/mol. The maximum Gasteiger partial charge on any atom is 0.414 e. The van der Waals surface area contributed by atoms with Gasteiger partial charge in [-0.25, -0.2) is 30.8 Å². The summed E-state index contributed by atoms with van der Waals surface area (Å²) in [5, 5.41) is 0. The van der Waals surface area contributed by atoms with Gasteiger partial charge in [0.15, 0.2) is 23.3 Å². The van der Waals surface area contributed by atoms with Crippen LogP contribution in [0.5, 0.6) is 0 Å². The van der Waals surface area contributed by atoms with Gasteiger partial charge in [0.1, 0.15) is 11.9 Å². The first-order valence-electron chi connectivity index (χ1n) is 9.46. The van der Waals surface area contributed by atoms with Crippen molar-refractivity contribution in [1.29, 1.82) is 0 Å². The van der Waals surface area contributed by atoms with Gasteiger partial charge in [0.05, 0.1) is 12.4 Å². The first-order chi connectivity index (χ1) is 15.0. The van der Waals surface area contributed by atoms with Crippen molar-refractivity contribution in [1.82, 2.24) is 0 Å². The molecule has 1 heterocycles. The van der Waals surface area contributed by atoms with E-state index in [1.165, 1.54) is 23.1 Å². The van der Waals surface area contributed by atoms with Gasteiger partial charge in [-0.3, -0.25) is 14.0 Å². The molecule has 174 valence electrons. The van der Waals surface area contributed by atoms with Crippen molar-refractivity contribution >= 4 is 27.5 Å². The van der Waals surface area contributed by atoms with Crippen molar-refractivity contribution in [3.05, 3.63) is 58.2 Å². The number of hydrogen-bond acceptors (Lipinski definition) is 4. The Kier molecular flexibility index (Phi) is 6.63. The summed E-state index contributed by atoms with van der Waals surface area (Å²) in [6, 6.07) is 4.04. The molecular formula is C20H19F5N2O4S. The van der Waals surface area contributed by atoms with Crippen LogP contribution in [0.3, 0.4) is 0 Å². The van der Waals surface area contributed by atoms with Gasteiger partial charge in [-0.15, -0.1) is 0 Å². The van der Waals surface area contributed by atoms with E-state index in [0.717, 1.165) is 6.92 Å². The summed E-state index contributed by atoms with van der Waals surface area (Å²) >= 11 is 0. The summed E-state index contributed by atoms with van der Waals surface area (Å²) in [6.07, 6.45) is -1.36. The highest BCUT2D eigenvalue weighted by atomic mass is 32.2. The largest absolute Gasteiger partial charge is 0.441 e. The molecule has 0 aromatic heterocycles. The number of carbonyl (C=O) groups is 1. The third kappa shape index (κ3) is 4.50. The van der Waals surface area contributed by atoms with E-state index in [0.29, 0.717) is 11.3 Å². The van der Waals surface area contributed by atoms with Crippen LogP contribution in [-0.4, -0.2) is 27.7 Å². The molecule has 1 aliphatic heterocycles. The van der Waals surface area contributed by atoms with E-state index in [-0.39, 0.29) is 18.7 Å². The molecule has 2 aromatic carbocycles. The number of hydrogen-bond donors (Lipinski definition) is 1. The predicted octanol–water partition coefficient (Wildman–Crippen LogP) is 4.87. The smallest absolute Gasteiger partial charge is 0.414 e. The highest BCUT2D eigenvalue weighted by molar-refractivity contribution is 7.91. The minimum absolute atomic E-state index is 0.0344. The van der Waals surface area contributed by atoms with Crippen molar-refractivity contribution in [3.8, 4) is 0 Å². The molecule has 1 N–H and O–H groups in total. The molecule has 0 bridgehead atoms. The molecule has 0 aliphatic carbocycles. The number of ether oxygens (including phenoxy) is 1. The van der Waals surface area contributed by atoms with Gasteiger partial charge in [0.2, 0.25) is 10.0 Å². The number of carbonyl (C=O) groups excluding carboxylic acids is 1. The first-order valence-corrected chi connectivity index (χ1v) is 11.1. The van der Waals surface area contributed by atoms with E-state index >= 15 is 0 Å². The molecule has 12 heteroatoms. The van der Waals surface area contributed by atoms with Crippen molar-refractivity contribution in [3.63, 3.8) is 0 Å². The summed E-state index contributed by atoms with van der Waals surface area (Å²) in [6.45, 7) is 1.76. The molecule has 2 aromatic rings. The molecule has 0 fully saturated rings. The molecule has 1 unspecified atom stereocenters. The van der Waals surface area contributed by atoms with Crippen molar-refractivity contribution in [2.24, 2.45) is 0 Å². The fourth-order valence-electron chi connectivity index (χ4n) is 3.31. The monoisotopic (exact) mass is 478 g/mol. The van der Waals surface area contributed by atoms with Gasteiger partial charge in [-0.05, 0) is 38.5 Å². The minimum Gasteiger partial charge on any atom is -0.441 e. The van der Waals surface area contributed by atoms with Gasteiger partial charge in [-0.2, -0.15) is 0 Å². The normalized spacial score (nSPS) is 16.0. The lowest BCUT2D eigenvalue weighted by Gasteiger charge is -2.32. The van der Waals surface area contributed by atoms with Crippen LogP contribution in [0.2, 0.25) is 0 Å². The summed E-state index contributed by atoms with van der Waals surface area (Å²) in [5.41, 5.74) is -1.40. The molecule has 1 atom stereocenters. The van der Waals surface area contributed by atoms with Crippen molar-refractivity contribution in [2.75, 3.05) is 22.8 Å². The Bertz CT molecular complexity index is 1140. The fraction of sp³-hybridized carbons (Fsp3) is 0.350. The van der Waals surface area contributed by atoms with E-state index in [1.54, 1.807) is 6.92 Å². The Balaban J connectivity index is 1.90. The van der Waals surface area contributed by atoms with E-state index in [1.807, 2.05) is 0 Å². The number of nitrogens with one attached hydrogen (secondary N) is 1. The lowest BCUT2D eigenvalue weighted by molar-refractivity contribution is 0.107. The van der Waals surface area contributed by atoms with Crippen LogP contribution in [0, 0.1) is 30.2 Å². The second kappa shape index (κ2) is 8.93. The molecule has 0 radical (unpaired) electrons. The minimum atomic E-state index is -4.50. The lowest BCUT2D eigenvalue weighted by Crippen LogP contribution is -2.38. The van der Waals surface area contributed by atoms with Crippen LogP contribution in [0.25, 0.3) is 0 Å². The molecule has 32 heavy (non-hydrogen) atoms. The number of sulfonamides is 1. The van der Waals surface area contributed by atoms with Gasteiger partial charge in [0.25, 0.3) is 0 Å². The number of amides is 1. The van der Waals surface area contributed by atoms with E-state index < -0.39 is 69.0 Å². The quantitative estimate of drug-likeness (QED) is 0.455. The summed E-state index contributed by atoms with van der Waals surface area (Å²) in [7, 11) is -4.50. The highest BCUT2D eigenvalue weighted by Crippen LogP contribution is 2.37. The van der Waals surface area contributed by atoms with Crippen LogP contribution in [0.15, 0.2) is 18.2 Å². The van der Waals surface area contributed by atoms with Crippen molar-refractivity contribution in [2.45, 2.75) is 32.1 Å². The molecule has 0 saturated carbocycles. The number of fused-ring (bicyclic) bond motifs is 1. The lowest BCUT2D eigenvalue weighted by atomic mass is 10.0. The Morgan fingerprint density at radius 1 is 1.09 bits per heavy atom. The fourth-order valence-corrected chi connectivity index (χ4v) is 4.51. The third-order valence-electron chi connectivity index (χ3n) is 4.95. The Labute approximate surface area is 181 Å². The number of halogens is 5. The second-order valence-electron chi connectivity index (χ2n) is 7.21. The molecule has 0 spiro atoms. The van der Waals surface area contributed by atoms with Crippen LogP contribution in [-0.2, 0) is 20.5 Å². The maximum absolute atomic E-state index is 14.1. The average molecular weight is 478 g/mol. The molecule has 1 aliphatic rings. The van der Waals surface area contributed by atoms with Gasteiger partial charge < -0.3 is 4.74 Å². The van der Waals surface area contributed by atoms with Gasteiger partial charge in [-0.1, -0.05) is 0 Å². The van der Waals surface area contributed by atoms with E-state index in [9.17, 15) is 35.2 Å².